The van der Waals surface area contributed by atoms with Crippen molar-refractivity contribution in [2.45, 2.75) is 13.0 Å². The van der Waals surface area contributed by atoms with Crippen LogP contribution in [0.15, 0.2) is 53.1 Å². The largest absolute Gasteiger partial charge is 0.497 e. The fraction of sp³-hybridized carbons (Fsp3) is 0.200. The van der Waals surface area contributed by atoms with Gasteiger partial charge < -0.3 is 9.15 Å². The minimum Gasteiger partial charge on any atom is -0.497 e. The summed E-state index contributed by atoms with van der Waals surface area (Å²) in [6.45, 7) is 0.349. The summed E-state index contributed by atoms with van der Waals surface area (Å²) >= 11 is 0. The number of nitro groups is 1. The normalized spacial score (nSPS) is 14.5. The van der Waals surface area contributed by atoms with Gasteiger partial charge in [0.1, 0.15) is 17.6 Å². The molecule has 1 aliphatic heterocycles. The number of furan rings is 1. The molecule has 148 valence electrons. The van der Waals surface area contributed by atoms with Crippen molar-refractivity contribution in [1.29, 1.82) is 0 Å². The molecule has 29 heavy (non-hydrogen) atoms. The average molecular weight is 395 g/mol. The van der Waals surface area contributed by atoms with Gasteiger partial charge in [-0.25, -0.2) is 4.79 Å². The smallest absolute Gasteiger partial charge is 0.331 e. The van der Waals surface area contributed by atoms with Crippen LogP contribution < -0.4 is 9.64 Å². The highest BCUT2D eigenvalue weighted by Crippen LogP contribution is 2.33. The third-order valence-corrected chi connectivity index (χ3v) is 4.85. The van der Waals surface area contributed by atoms with Crippen molar-refractivity contribution in [2.24, 2.45) is 0 Å². The van der Waals surface area contributed by atoms with Crippen molar-refractivity contribution in [3.05, 3.63) is 64.4 Å². The van der Waals surface area contributed by atoms with E-state index >= 15 is 0 Å². The number of benzene rings is 2. The van der Waals surface area contributed by atoms with Gasteiger partial charge >= 0.3 is 6.03 Å². The van der Waals surface area contributed by atoms with Crippen LogP contribution in [0.25, 0.3) is 11.0 Å². The summed E-state index contributed by atoms with van der Waals surface area (Å²) < 4.78 is 10.6. The number of anilines is 1. The molecule has 0 unspecified atom stereocenters. The minimum atomic E-state index is -0.511. The first-order chi connectivity index (χ1) is 14.0. The van der Waals surface area contributed by atoms with Gasteiger partial charge in [-0.2, -0.15) is 0 Å². The molecule has 0 atom stereocenters. The summed E-state index contributed by atoms with van der Waals surface area (Å²) in [5.74, 6) is 0.427. The molecule has 0 aliphatic carbocycles. The monoisotopic (exact) mass is 395 g/mol. The van der Waals surface area contributed by atoms with Gasteiger partial charge in [0.25, 0.3) is 5.69 Å². The molecule has 0 bridgehead atoms. The highest BCUT2D eigenvalue weighted by molar-refractivity contribution is 6.09. The third-order valence-electron chi connectivity index (χ3n) is 4.85. The summed E-state index contributed by atoms with van der Waals surface area (Å²) in [4.78, 5) is 38.5. The number of non-ortho nitro benzene ring substituents is 1. The lowest BCUT2D eigenvalue weighted by atomic mass is 10.1. The topological polar surface area (TPSA) is 106 Å². The lowest BCUT2D eigenvalue weighted by Crippen LogP contribution is -2.52. The molecular formula is C20H17N3O6. The van der Waals surface area contributed by atoms with Gasteiger partial charge in [-0.1, -0.05) is 12.1 Å². The van der Waals surface area contributed by atoms with E-state index in [1.807, 2.05) is 0 Å². The number of hydrogen-bond donors (Lipinski definition) is 0. The first kappa shape index (κ1) is 18.5. The number of rotatable bonds is 5. The van der Waals surface area contributed by atoms with Crippen LogP contribution in [0.2, 0.25) is 0 Å². The number of urea groups is 1. The van der Waals surface area contributed by atoms with Gasteiger partial charge in [0.05, 0.1) is 30.3 Å². The highest BCUT2D eigenvalue weighted by Gasteiger charge is 2.34. The molecule has 9 nitrogen and oxygen atoms in total. The molecule has 1 saturated heterocycles. The van der Waals surface area contributed by atoms with Crippen LogP contribution in [0.5, 0.6) is 5.75 Å². The Labute approximate surface area is 165 Å². The van der Waals surface area contributed by atoms with Crippen molar-refractivity contribution < 1.29 is 23.7 Å². The molecule has 0 N–H and O–H groups in total. The number of carbonyl (C=O) groups excluding carboxylic acids is 2. The number of amides is 3. The standard InChI is InChI=1S/C20H17N3O6/c1-28-15-5-2-13(3-6-15)11-22-19(24)8-9-21(20(22)25)17-12-29-18-10-14(23(26)27)4-7-16(17)18/h2-7,10,12H,8-9,11H2,1H3. The van der Waals surface area contributed by atoms with Gasteiger partial charge in [-0.3, -0.25) is 24.7 Å². The Kier molecular flexibility index (Phi) is 4.63. The van der Waals surface area contributed by atoms with Crippen LogP contribution in [0.3, 0.4) is 0 Å². The van der Waals surface area contributed by atoms with E-state index in [0.29, 0.717) is 22.4 Å². The van der Waals surface area contributed by atoms with Crippen LogP contribution in [-0.4, -0.2) is 35.4 Å². The predicted molar refractivity (Wildman–Crippen MR) is 104 cm³/mol. The maximum Gasteiger partial charge on any atom is 0.331 e. The molecule has 3 aromatic rings. The second kappa shape index (κ2) is 7.27. The van der Waals surface area contributed by atoms with Crippen molar-refractivity contribution in [3.8, 4) is 5.75 Å². The fourth-order valence-electron chi connectivity index (χ4n) is 3.31. The lowest BCUT2D eigenvalue weighted by molar-refractivity contribution is -0.384. The van der Waals surface area contributed by atoms with E-state index in [2.05, 4.69) is 0 Å². The highest BCUT2D eigenvalue weighted by atomic mass is 16.6. The van der Waals surface area contributed by atoms with Crippen molar-refractivity contribution in [3.63, 3.8) is 0 Å². The van der Waals surface area contributed by atoms with Crippen molar-refractivity contribution >= 4 is 34.3 Å². The first-order valence-corrected chi connectivity index (χ1v) is 8.88. The van der Waals surface area contributed by atoms with Gasteiger partial charge in [0, 0.05) is 24.4 Å². The number of imide groups is 1. The van der Waals surface area contributed by atoms with Gasteiger partial charge in [-0.05, 0) is 23.8 Å². The van der Waals surface area contributed by atoms with Crippen LogP contribution in [-0.2, 0) is 11.3 Å². The summed E-state index contributed by atoms with van der Waals surface area (Å²) in [6, 6.07) is 10.9. The van der Waals surface area contributed by atoms with Crippen LogP contribution in [0, 0.1) is 10.1 Å². The molecule has 1 aliphatic rings. The van der Waals surface area contributed by atoms with E-state index < -0.39 is 11.0 Å². The Balaban J connectivity index is 1.61. The number of methoxy groups -OCH3 is 1. The average Bonchev–Trinajstić information content (AvgIpc) is 3.14. The Morgan fingerprint density at radius 2 is 1.93 bits per heavy atom. The lowest BCUT2D eigenvalue weighted by Gasteiger charge is -2.33. The Hall–Kier alpha value is -3.88. The zero-order chi connectivity index (χ0) is 20.5. The van der Waals surface area contributed by atoms with Crippen molar-refractivity contribution in [1.82, 2.24) is 4.90 Å². The molecule has 0 saturated carbocycles. The third kappa shape index (κ3) is 3.38. The van der Waals surface area contributed by atoms with E-state index in [1.165, 1.54) is 28.2 Å². The molecule has 0 spiro atoms. The molecule has 2 aromatic carbocycles. The molecule has 9 heteroatoms. The van der Waals surface area contributed by atoms with E-state index in [9.17, 15) is 19.7 Å². The number of hydrogen-bond acceptors (Lipinski definition) is 6. The maximum absolute atomic E-state index is 13.0. The number of carbonyl (C=O) groups is 2. The number of ether oxygens (including phenoxy) is 1. The Morgan fingerprint density at radius 1 is 1.17 bits per heavy atom. The van der Waals surface area contributed by atoms with Gasteiger partial charge in [0.2, 0.25) is 5.91 Å². The molecule has 4 rings (SSSR count). The maximum atomic E-state index is 13.0. The SMILES string of the molecule is COc1ccc(CN2C(=O)CCN(c3coc4cc([N+](=O)[O-])ccc34)C2=O)cc1. The number of fused-ring (bicyclic) bond motifs is 1. The van der Waals surface area contributed by atoms with E-state index in [0.717, 1.165) is 5.56 Å². The molecule has 0 radical (unpaired) electrons. The zero-order valence-electron chi connectivity index (χ0n) is 15.5. The summed E-state index contributed by atoms with van der Waals surface area (Å²) in [7, 11) is 1.56. The minimum absolute atomic E-state index is 0.0975. The molecule has 2 heterocycles. The van der Waals surface area contributed by atoms with E-state index in [-0.39, 0.29) is 31.1 Å². The number of nitrogens with zero attached hydrogens (tertiary/aromatic N) is 3. The summed E-state index contributed by atoms with van der Waals surface area (Å²) in [5.41, 5.74) is 1.48. The van der Waals surface area contributed by atoms with Crippen LogP contribution >= 0.6 is 0 Å². The second-order valence-corrected chi connectivity index (χ2v) is 6.57. The number of nitro benzene ring substituents is 1. The zero-order valence-corrected chi connectivity index (χ0v) is 15.5. The van der Waals surface area contributed by atoms with Crippen molar-refractivity contribution in [2.75, 3.05) is 18.6 Å². The van der Waals surface area contributed by atoms with Gasteiger partial charge in [0.15, 0.2) is 0 Å². The second-order valence-electron chi connectivity index (χ2n) is 6.57. The Morgan fingerprint density at radius 3 is 2.62 bits per heavy atom. The molecular weight excluding hydrogens is 378 g/mol. The summed E-state index contributed by atoms with van der Waals surface area (Å²) in [5, 5.41) is 11.5. The predicted octanol–water partition coefficient (Wildman–Crippen LogP) is 3.71. The van der Waals surface area contributed by atoms with Gasteiger partial charge in [-0.15, -0.1) is 0 Å². The molecule has 1 fully saturated rings. The molecule has 1 aromatic heterocycles. The first-order valence-electron chi connectivity index (χ1n) is 8.88. The Bertz CT molecular complexity index is 1110. The summed E-state index contributed by atoms with van der Waals surface area (Å²) in [6.07, 6.45) is 1.55. The molecule has 3 amide bonds. The van der Waals surface area contributed by atoms with Crippen LogP contribution in [0.4, 0.5) is 16.2 Å². The van der Waals surface area contributed by atoms with Crippen LogP contribution in [0.1, 0.15) is 12.0 Å². The van der Waals surface area contributed by atoms with E-state index in [4.69, 9.17) is 9.15 Å². The fourth-order valence-corrected chi connectivity index (χ4v) is 3.31. The van der Waals surface area contributed by atoms with E-state index in [1.54, 1.807) is 37.4 Å². The quantitative estimate of drug-likeness (QED) is 0.482.